The first kappa shape index (κ1) is 24.5. The summed E-state index contributed by atoms with van der Waals surface area (Å²) in [4.78, 5) is 0. The van der Waals surface area contributed by atoms with Gasteiger partial charge < -0.3 is 0 Å². The molecule has 0 atom stereocenters. The zero-order valence-corrected chi connectivity index (χ0v) is 22.7. The molecule has 0 saturated heterocycles. The molecule has 0 fully saturated rings. The van der Waals surface area contributed by atoms with Gasteiger partial charge in [-0.1, -0.05) is 111 Å². The average molecular weight is 552 g/mol. The summed E-state index contributed by atoms with van der Waals surface area (Å²) < 4.78 is 3.59. The van der Waals surface area contributed by atoms with E-state index < -0.39 is 7.41 Å². The van der Waals surface area contributed by atoms with Crippen molar-refractivity contribution >= 4 is 44.9 Å². The van der Waals surface area contributed by atoms with Gasteiger partial charge in [0.15, 0.2) is 0 Å². The Labute approximate surface area is 223 Å². The first-order chi connectivity index (χ1) is 17.7. The Morgan fingerprint density at radius 1 is 0.583 bits per heavy atom. The zero-order chi connectivity index (χ0) is 24.8. The number of anilines is 1. The summed E-state index contributed by atoms with van der Waals surface area (Å²) in [5.41, 5.74) is 7.42. The predicted molar refractivity (Wildman–Crippen MR) is 160 cm³/mol. The van der Waals surface area contributed by atoms with Gasteiger partial charge in [-0.15, -0.1) is 0 Å². The van der Waals surface area contributed by atoms with Crippen molar-refractivity contribution in [1.82, 2.24) is 4.78 Å². The lowest BCUT2D eigenvalue weighted by atomic mass is 10.2. The fourth-order valence-electron chi connectivity index (χ4n) is 4.58. The van der Waals surface area contributed by atoms with E-state index in [-0.39, 0.29) is 0 Å². The molecule has 0 radical (unpaired) electrons. The topological polar surface area (TPSA) is 15.3 Å². The van der Waals surface area contributed by atoms with E-state index in [0.29, 0.717) is 6.54 Å². The smallest absolute Gasteiger partial charge is 0.203 e. The molecule has 0 aliphatic rings. The van der Waals surface area contributed by atoms with Crippen LogP contribution in [0.4, 0.5) is 5.69 Å². The Balaban J connectivity index is 1.80. The van der Waals surface area contributed by atoms with Gasteiger partial charge in [0.1, 0.15) is 15.9 Å². The van der Waals surface area contributed by atoms with E-state index in [1.54, 1.807) is 0 Å². The molecule has 2 nitrogen and oxygen atoms in total. The van der Waals surface area contributed by atoms with Crippen molar-refractivity contribution in [1.29, 1.82) is 0 Å². The van der Waals surface area contributed by atoms with Crippen LogP contribution in [0.2, 0.25) is 0 Å². The fourth-order valence-corrected chi connectivity index (χ4v) is 9.16. The Hall–Kier alpha value is -3.23. The highest BCUT2D eigenvalue weighted by atomic mass is 79.9. The molecule has 5 rings (SSSR count). The second kappa shape index (κ2) is 11.2. The second-order valence-corrected chi connectivity index (χ2v) is 12.9. The van der Waals surface area contributed by atoms with Gasteiger partial charge in [0.25, 0.3) is 0 Å². The van der Waals surface area contributed by atoms with Crippen molar-refractivity contribution < 1.29 is 0 Å². The highest BCUT2D eigenvalue weighted by Crippen LogP contribution is 2.59. The highest BCUT2D eigenvalue weighted by molar-refractivity contribution is 9.10. The van der Waals surface area contributed by atoms with Crippen LogP contribution in [0.5, 0.6) is 0 Å². The van der Waals surface area contributed by atoms with Gasteiger partial charge in [-0.05, 0) is 67.1 Å². The van der Waals surface area contributed by atoms with Gasteiger partial charge in [-0.3, -0.25) is 5.43 Å². The summed E-state index contributed by atoms with van der Waals surface area (Å²) in [6.07, 6.45) is 0. The van der Waals surface area contributed by atoms with E-state index in [1.807, 2.05) is 0 Å². The van der Waals surface area contributed by atoms with Gasteiger partial charge in [0.05, 0.1) is 12.2 Å². The third-order valence-corrected chi connectivity index (χ3v) is 11.2. The lowest BCUT2D eigenvalue weighted by Crippen LogP contribution is -2.45. The number of halogens is 1. The SMILES string of the molecule is Cc1ccc(NN(Cc2ccccc2Br)[P+](c2ccccc2)(c2ccccc2)c2ccccc2)cc1. The van der Waals surface area contributed by atoms with Crippen molar-refractivity contribution in [2.75, 3.05) is 5.43 Å². The van der Waals surface area contributed by atoms with Crippen LogP contribution < -0.4 is 21.3 Å². The van der Waals surface area contributed by atoms with E-state index in [4.69, 9.17) is 0 Å². The number of nitrogens with one attached hydrogen (secondary N) is 1. The number of rotatable bonds is 8. The number of hydrogen-bond donors (Lipinski definition) is 1. The summed E-state index contributed by atoms with van der Waals surface area (Å²) >= 11 is 3.81. The summed E-state index contributed by atoms with van der Waals surface area (Å²) in [5.74, 6) is 0. The van der Waals surface area contributed by atoms with E-state index in [0.717, 1.165) is 10.2 Å². The highest BCUT2D eigenvalue weighted by Gasteiger charge is 2.52. The second-order valence-electron chi connectivity index (χ2n) is 8.77. The van der Waals surface area contributed by atoms with Crippen LogP contribution >= 0.6 is 23.3 Å². The van der Waals surface area contributed by atoms with Crippen LogP contribution in [-0.2, 0) is 6.54 Å². The molecule has 0 amide bonds. The molecule has 5 aromatic rings. The molecule has 5 aromatic carbocycles. The Kier molecular flexibility index (Phi) is 7.63. The third-order valence-electron chi connectivity index (χ3n) is 6.34. The minimum absolute atomic E-state index is 0.710. The number of benzene rings is 5. The first-order valence-corrected chi connectivity index (χ1v) is 14.6. The van der Waals surface area contributed by atoms with Crippen molar-refractivity contribution in [2.45, 2.75) is 13.5 Å². The standard InChI is InChI=1S/C32H29BrN2P/c1-26-21-23-28(24-22-26)34-35(25-27-13-11-12-20-32(27)33)36(29-14-5-2-6-15-29,30-16-7-3-8-17-30)31-18-9-4-10-19-31/h2-24,34H,25H2,1H3/q+1. The molecule has 0 aliphatic carbocycles. The first-order valence-electron chi connectivity index (χ1n) is 12.1. The fraction of sp³-hybridized carbons (Fsp3) is 0.0625. The van der Waals surface area contributed by atoms with Crippen LogP contribution in [0.1, 0.15) is 11.1 Å². The number of hydrogen-bond acceptors (Lipinski definition) is 2. The molecule has 0 aromatic heterocycles. The van der Waals surface area contributed by atoms with Gasteiger partial charge in [-0.2, -0.15) is 0 Å². The van der Waals surface area contributed by atoms with Gasteiger partial charge in [-0.25, -0.2) is 0 Å². The van der Waals surface area contributed by atoms with Gasteiger partial charge in [0, 0.05) is 4.47 Å². The number of nitrogens with zero attached hydrogens (tertiary/aromatic N) is 1. The molecule has 0 heterocycles. The van der Waals surface area contributed by atoms with Crippen molar-refractivity contribution in [2.24, 2.45) is 0 Å². The van der Waals surface area contributed by atoms with E-state index in [2.05, 4.69) is 173 Å². The van der Waals surface area contributed by atoms with Crippen LogP contribution in [0.15, 0.2) is 144 Å². The minimum Gasteiger partial charge on any atom is -0.287 e. The lowest BCUT2D eigenvalue weighted by Gasteiger charge is -2.37. The molecule has 0 spiro atoms. The van der Waals surface area contributed by atoms with E-state index in [9.17, 15) is 0 Å². The largest absolute Gasteiger partial charge is 0.287 e. The number of hydrazine groups is 1. The van der Waals surface area contributed by atoms with Gasteiger partial charge in [0.2, 0.25) is 7.41 Å². The van der Waals surface area contributed by atoms with Crippen LogP contribution in [0.3, 0.4) is 0 Å². The van der Waals surface area contributed by atoms with Crippen molar-refractivity contribution in [3.8, 4) is 0 Å². The maximum atomic E-state index is 3.88. The molecular formula is C32H29BrN2P+. The van der Waals surface area contributed by atoms with Gasteiger partial charge >= 0.3 is 0 Å². The Bertz CT molecular complexity index is 1290. The Morgan fingerprint density at radius 2 is 1.03 bits per heavy atom. The monoisotopic (exact) mass is 551 g/mol. The van der Waals surface area contributed by atoms with Crippen LogP contribution in [0, 0.1) is 6.92 Å². The Morgan fingerprint density at radius 3 is 1.50 bits per heavy atom. The van der Waals surface area contributed by atoms with E-state index >= 15 is 0 Å². The normalized spacial score (nSPS) is 11.4. The molecule has 36 heavy (non-hydrogen) atoms. The van der Waals surface area contributed by atoms with Crippen LogP contribution in [-0.4, -0.2) is 4.78 Å². The van der Waals surface area contributed by atoms with Crippen LogP contribution in [0.25, 0.3) is 0 Å². The predicted octanol–water partition coefficient (Wildman–Crippen LogP) is 7.50. The summed E-state index contributed by atoms with van der Waals surface area (Å²) in [6.45, 7) is 2.83. The number of aryl methyl sites for hydroxylation is 1. The summed E-state index contributed by atoms with van der Waals surface area (Å²) in [7, 11) is -2.32. The quantitative estimate of drug-likeness (QED) is 0.159. The van der Waals surface area contributed by atoms with Crippen molar-refractivity contribution in [3.05, 3.63) is 155 Å². The zero-order valence-electron chi connectivity index (χ0n) is 20.3. The lowest BCUT2D eigenvalue weighted by molar-refractivity contribution is 0.535. The maximum Gasteiger partial charge on any atom is 0.203 e. The van der Waals surface area contributed by atoms with Crippen molar-refractivity contribution in [3.63, 3.8) is 0 Å². The summed E-state index contributed by atoms with van der Waals surface area (Å²) in [6, 6.07) is 50.0. The third kappa shape index (κ3) is 5.01. The average Bonchev–Trinajstić information content (AvgIpc) is 2.93. The molecule has 0 bridgehead atoms. The minimum atomic E-state index is -2.32. The molecule has 1 N–H and O–H groups in total. The molecule has 178 valence electrons. The molecule has 0 aliphatic heterocycles. The molecule has 0 saturated carbocycles. The molecule has 0 unspecified atom stereocenters. The van der Waals surface area contributed by atoms with E-state index in [1.165, 1.54) is 27.0 Å². The molecular weight excluding hydrogens is 523 g/mol. The molecule has 4 heteroatoms. The maximum absolute atomic E-state index is 3.88. The summed E-state index contributed by atoms with van der Waals surface area (Å²) in [5, 5.41) is 3.90.